The van der Waals surface area contributed by atoms with E-state index in [1.165, 1.54) is 0 Å². The van der Waals surface area contributed by atoms with Crippen molar-refractivity contribution < 1.29 is 0 Å². The minimum absolute atomic E-state index is 0.444. The summed E-state index contributed by atoms with van der Waals surface area (Å²) in [5.41, 5.74) is 1.06. The van der Waals surface area contributed by atoms with Crippen molar-refractivity contribution in [3.8, 4) is 0 Å². The third-order valence-electron chi connectivity index (χ3n) is 1.82. The average molecular weight is 207 g/mol. The van der Waals surface area contributed by atoms with Crippen LogP contribution in [0.4, 0.5) is 0 Å². The van der Waals surface area contributed by atoms with Gasteiger partial charge in [-0.3, -0.25) is 4.68 Å². The lowest BCUT2D eigenvalue weighted by atomic mass is 10.1. The molecule has 1 aromatic heterocycles. The van der Waals surface area contributed by atoms with E-state index in [1.54, 1.807) is 10.9 Å². The van der Waals surface area contributed by atoms with Crippen molar-refractivity contribution in [2.45, 2.75) is 13.3 Å². The van der Waals surface area contributed by atoms with E-state index in [0.717, 1.165) is 17.1 Å². The fraction of sp³-hybridized carbons (Fsp3) is 0.625. The van der Waals surface area contributed by atoms with Crippen LogP contribution in [-0.4, -0.2) is 15.7 Å². The van der Waals surface area contributed by atoms with Crippen molar-refractivity contribution in [1.29, 1.82) is 0 Å². The molecule has 0 radical (unpaired) electrons. The van der Waals surface area contributed by atoms with Gasteiger partial charge in [-0.05, 0) is 12.3 Å². The third-order valence-corrected chi connectivity index (χ3v) is 2.66. The van der Waals surface area contributed by atoms with Gasteiger partial charge in [0, 0.05) is 12.9 Å². The molecule has 0 bridgehead atoms. The quantitative estimate of drug-likeness (QED) is 0.696. The first-order chi connectivity index (χ1) is 5.65. The Labute approximate surface area is 82.5 Å². The maximum Gasteiger partial charge on any atom is 0.0817 e. The van der Waals surface area contributed by atoms with E-state index >= 15 is 0 Å². The van der Waals surface area contributed by atoms with Crippen LogP contribution >= 0.6 is 23.2 Å². The van der Waals surface area contributed by atoms with E-state index < -0.39 is 0 Å². The van der Waals surface area contributed by atoms with Crippen LogP contribution in [0.3, 0.4) is 0 Å². The van der Waals surface area contributed by atoms with Gasteiger partial charge in [0.1, 0.15) is 0 Å². The van der Waals surface area contributed by atoms with Gasteiger partial charge in [0.2, 0.25) is 0 Å². The number of rotatable bonds is 3. The lowest BCUT2D eigenvalue weighted by Gasteiger charge is -2.07. The molecule has 4 heteroatoms. The molecule has 0 fully saturated rings. The van der Waals surface area contributed by atoms with Gasteiger partial charge in [-0.1, -0.05) is 18.5 Å². The van der Waals surface area contributed by atoms with Crippen LogP contribution < -0.4 is 0 Å². The van der Waals surface area contributed by atoms with E-state index in [2.05, 4.69) is 12.0 Å². The fourth-order valence-corrected chi connectivity index (χ4v) is 1.40. The zero-order valence-corrected chi connectivity index (χ0v) is 8.73. The van der Waals surface area contributed by atoms with Crippen molar-refractivity contribution in [2.75, 3.05) is 5.88 Å². The highest BCUT2D eigenvalue weighted by atomic mass is 35.5. The number of hydrogen-bond acceptors (Lipinski definition) is 1. The van der Waals surface area contributed by atoms with Gasteiger partial charge in [-0.25, -0.2) is 0 Å². The predicted octanol–water partition coefficient (Wildman–Crippen LogP) is 2.49. The summed E-state index contributed by atoms with van der Waals surface area (Å²) in [6.07, 6.45) is 2.55. The molecule has 12 heavy (non-hydrogen) atoms. The molecule has 2 nitrogen and oxygen atoms in total. The molecule has 1 aromatic rings. The highest BCUT2D eigenvalue weighted by Crippen LogP contribution is 2.18. The van der Waals surface area contributed by atoms with Crippen molar-refractivity contribution >= 4 is 23.2 Å². The molecule has 0 spiro atoms. The molecule has 0 amide bonds. The highest BCUT2D eigenvalue weighted by Gasteiger charge is 2.09. The number of alkyl halides is 1. The van der Waals surface area contributed by atoms with Crippen molar-refractivity contribution in [3.63, 3.8) is 0 Å². The number of hydrogen-bond donors (Lipinski definition) is 0. The summed E-state index contributed by atoms with van der Waals surface area (Å²) >= 11 is 11.6. The van der Waals surface area contributed by atoms with E-state index in [-0.39, 0.29) is 0 Å². The minimum Gasteiger partial charge on any atom is -0.271 e. The minimum atomic E-state index is 0.444. The Kier molecular flexibility index (Phi) is 3.41. The van der Waals surface area contributed by atoms with Crippen LogP contribution in [0.25, 0.3) is 0 Å². The van der Waals surface area contributed by atoms with Crippen molar-refractivity contribution in [1.82, 2.24) is 9.78 Å². The Hall–Kier alpha value is -0.210. The molecule has 0 aliphatic rings. The summed E-state index contributed by atoms with van der Waals surface area (Å²) in [4.78, 5) is 0. The smallest absolute Gasteiger partial charge is 0.0817 e. The lowest BCUT2D eigenvalue weighted by molar-refractivity contribution is 0.601. The first-order valence-electron chi connectivity index (χ1n) is 3.87. The molecule has 0 aliphatic carbocycles. The van der Waals surface area contributed by atoms with Gasteiger partial charge in [-0.2, -0.15) is 5.10 Å². The second-order valence-corrected chi connectivity index (χ2v) is 3.74. The van der Waals surface area contributed by atoms with Gasteiger partial charge < -0.3 is 0 Å². The van der Waals surface area contributed by atoms with Crippen LogP contribution in [0, 0.1) is 5.92 Å². The number of nitrogens with zero attached hydrogens (tertiary/aromatic N) is 2. The molecule has 0 aromatic carbocycles. The maximum absolute atomic E-state index is 5.92. The van der Waals surface area contributed by atoms with E-state index in [4.69, 9.17) is 23.2 Å². The van der Waals surface area contributed by atoms with Gasteiger partial charge in [-0.15, -0.1) is 11.6 Å². The Morgan fingerprint density at radius 1 is 1.67 bits per heavy atom. The summed E-state index contributed by atoms with van der Waals surface area (Å²) < 4.78 is 1.80. The number of aromatic nitrogens is 2. The first kappa shape index (κ1) is 9.87. The summed E-state index contributed by atoms with van der Waals surface area (Å²) in [5.74, 6) is 1.10. The van der Waals surface area contributed by atoms with Crippen LogP contribution in [0.2, 0.25) is 5.02 Å². The second-order valence-electron chi connectivity index (χ2n) is 3.03. The molecule has 1 unspecified atom stereocenters. The van der Waals surface area contributed by atoms with Crippen molar-refractivity contribution in [3.05, 3.63) is 16.9 Å². The topological polar surface area (TPSA) is 17.8 Å². The SMILES string of the molecule is CC(CCl)Cc1c(Cl)cnn1C. The predicted molar refractivity (Wildman–Crippen MR) is 51.8 cm³/mol. The number of halogens is 2. The molecule has 0 aliphatic heterocycles. The molecule has 0 saturated carbocycles. The molecule has 1 rings (SSSR count). The van der Waals surface area contributed by atoms with Crippen LogP contribution in [-0.2, 0) is 13.5 Å². The molecule has 1 atom stereocenters. The summed E-state index contributed by atoms with van der Waals surface area (Å²) in [6.45, 7) is 2.09. The molecule has 1 heterocycles. The normalized spacial score (nSPS) is 13.3. The Balaban J connectivity index is 2.73. The van der Waals surface area contributed by atoms with E-state index in [9.17, 15) is 0 Å². The van der Waals surface area contributed by atoms with E-state index in [1.807, 2.05) is 7.05 Å². The average Bonchev–Trinajstić information content (AvgIpc) is 2.35. The molecule has 0 saturated heterocycles. The summed E-state index contributed by atoms with van der Waals surface area (Å²) in [5, 5.41) is 4.78. The highest BCUT2D eigenvalue weighted by molar-refractivity contribution is 6.31. The first-order valence-corrected chi connectivity index (χ1v) is 4.78. The lowest BCUT2D eigenvalue weighted by Crippen LogP contribution is -2.06. The Morgan fingerprint density at radius 2 is 2.33 bits per heavy atom. The molecule has 0 N–H and O–H groups in total. The Bertz CT molecular complexity index is 238. The Morgan fingerprint density at radius 3 is 2.75 bits per heavy atom. The fourth-order valence-electron chi connectivity index (χ4n) is 1.05. The van der Waals surface area contributed by atoms with Gasteiger partial charge in [0.15, 0.2) is 0 Å². The van der Waals surface area contributed by atoms with Gasteiger partial charge in [0.25, 0.3) is 0 Å². The number of aryl methyl sites for hydroxylation is 1. The molecule has 68 valence electrons. The second kappa shape index (κ2) is 4.15. The van der Waals surface area contributed by atoms with Gasteiger partial charge in [0.05, 0.1) is 16.9 Å². The third kappa shape index (κ3) is 2.14. The summed E-state index contributed by atoms with van der Waals surface area (Å²) in [7, 11) is 1.89. The van der Waals surface area contributed by atoms with E-state index in [0.29, 0.717) is 11.8 Å². The van der Waals surface area contributed by atoms with Crippen LogP contribution in [0.1, 0.15) is 12.6 Å². The van der Waals surface area contributed by atoms with Crippen LogP contribution in [0.5, 0.6) is 0 Å². The zero-order chi connectivity index (χ0) is 9.14. The maximum atomic E-state index is 5.92. The van der Waals surface area contributed by atoms with Crippen molar-refractivity contribution in [2.24, 2.45) is 13.0 Å². The monoisotopic (exact) mass is 206 g/mol. The van der Waals surface area contributed by atoms with Gasteiger partial charge >= 0.3 is 0 Å². The summed E-state index contributed by atoms with van der Waals surface area (Å²) in [6, 6.07) is 0. The largest absolute Gasteiger partial charge is 0.271 e. The van der Waals surface area contributed by atoms with Crippen LogP contribution in [0.15, 0.2) is 6.20 Å². The standard InChI is InChI=1S/C8H12Cl2N2/c1-6(4-9)3-8-7(10)5-11-12(8)2/h5-6H,3-4H2,1-2H3. The zero-order valence-electron chi connectivity index (χ0n) is 7.22. The molecular weight excluding hydrogens is 195 g/mol. The molecular formula is C8H12Cl2N2.